The Balaban J connectivity index is 1.78. The first-order valence-corrected chi connectivity index (χ1v) is 12.0. The van der Waals surface area contributed by atoms with Gasteiger partial charge in [-0.1, -0.05) is 60.3 Å². The second-order valence-corrected chi connectivity index (χ2v) is 8.87. The monoisotopic (exact) mass is 507 g/mol. The van der Waals surface area contributed by atoms with Gasteiger partial charge in [-0.2, -0.15) is 0 Å². The molecule has 36 heavy (non-hydrogen) atoms. The quantitative estimate of drug-likeness (QED) is 0.291. The summed E-state index contributed by atoms with van der Waals surface area (Å²) >= 11 is 0.919. The van der Waals surface area contributed by atoms with Crippen molar-refractivity contribution >= 4 is 40.4 Å². The first-order chi connectivity index (χ1) is 17.3. The number of para-hydroxylation sites is 1. The number of carbonyl (C=O) groups excluding carboxylic acids is 2. The first kappa shape index (κ1) is 26.4. The van der Waals surface area contributed by atoms with Crippen LogP contribution in [0.3, 0.4) is 0 Å². The molecule has 10 heteroatoms. The summed E-state index contributed by atoms with van der Waals surface area (Å²) in [5.74, 6) is -4.35. The molecule has 0 fully saturated rings. The number of carboxylic acid groups (broad SMARTS) is 2. The molecule has 3 rings (SSSR count). The standard InChI is InChI=1S/C26H25N3O6S/c30-23(29-22(25(33)34)21(24(31)32)28-20-11-5-2-6-12-20)19(14-17-8-3-1-4-9-17)16-36-26(35)18-10-7-13-27-15-18/h1-13,15,19,21-22,28H,14,16H2,(H,29,30)(H,31,32)(H,33,34). The van der Waals surface area contributed by atoms with Crippen LogP contribution >= 0.6 is 11.8 Å². The minimum Gasteiger partial charge on any atom is -0.480 e. The number of amides is 1. The predicted molar refractivity (Wildman–Crippen MR) is 136 cm³/mol. The van der Waals surface area contributed by atoms with Crippen LogP contribution in [0, 0.1) is 5.92 Å². The third-order valence-corrected chi connectivity index (χ3v) is 6.33. The Hall–Kier alpha value is -4.18. The number of aromatic nitrogens is 1. The van der Waals surface area contributed by atoms with Gasteiger partial charge in [-0.05, 0) is 36.2 Å². The number of aliphatic carboxylic acids is 2. The van der Waals surface area contributed by atoms with Crippen LogP contribution in [0.1, 0.15) is 15.9 Å². The SMILES string of the molecule is O=C(SCC(Cc1ccccc1)C(=O)NC(C(=O)O)C(Nc1ccccc1)C(=O)O)c1cccnc1. The Morgan fingerprint density at radius 1 is 0.833 bits per heavy atom. The van der Waals surface area contributed by atoms with E-state index >= 15 is 0 Å². The maximum atomic E-state index is 13.3. The molecule has 3 aromatic rings. The van der Waals surface area contributed by atoms with Gasteiger partial charge in [0.05, 0.1) is 5.92 Å². The summed E-state index contributed by atoms with van der Waals surface area (Å²) < 4.78 is 0. The third-order valence-electron chi connectivity index (χ3n) is 5.27. The Labute approximate surface area is 212 Å². The minimum absolute atomic E-state index is 0.0602. The van der Waals surface area contributed by atoms with Crippen LogP contribution in [0.15, 0.2) is 85.2 Å². The van der Waals surface area contributed by atoms with Crippen LogP contribution in [0.25, 0.3) is 0 Å². The number of carbonyl (C=O) groups is 4. The van der Waals surface area contributed by atoms with E-state index in [1.54, 1.807) is 48.7 Å². The van der Waals surface area contributed by atoms with E-state index in [4.69, 9.17) is 0 Å². The highest BCUT2D eigenvalue weighted by atomic mass is 32.2. The lowest BCUT2D eigenvalue weighted by Crippen LogP contribution is -2.56. The van der Waals surface area contributed by atoms with E-state index in [9.17, 15) is 29.4 Å². The fourth-order valence-corrected chi connectivity index (χ4v) is 4.34. The van der Waals surface area contributed by atoms with Gasteiger partial charge >= 0.3 is 11.9 Å². The van der Waals surface area contributed by atoms with Crippen LogP contribution in [-0.4, -0.2) is 56.0 Å². The summed E-state index contributed by atoms with van der Waals surface area (Å²) in [5, 5.41) is 24.3. The average Bonchev–Trinajstić information content (AvgIpc) is 2.89. The molecule has 2 aromatic carbocycles. The zero-order valence-corrected chi connectivity index (χ0v) is 19.9. The number of pyridine rings is 1. The largest absolute Gasteiger partial charge is 0.480 e. The van der Waals surface area contributed by atoms with Gasteiger partial charge in [0.1, 0.15) is 0 Å². The highest BCUT2D eigenvalue weighted by molar-refractivity contribution is 8.14. The number of hydrogen-bond donors (Lipinski definition) is 4. The van der Waals surface area contributed by atoms with Crippen LogP contribution in [0.2, 0.25) is 0 Å². The molecule has 0 saturated carbocycles. The van der Waals surface area contributed by atoms with Crippen molar-refractivity contribution in [3.05, 3.63) is 96.3 Å². The number of nitrogens with zero attached hydrogens (tertiary/aromatic N) is 1. The maximum absolute atomic E-state index is 13.3. The number of anilines is 1. The minimum atomic E-state index is -1.76. The molecule has 1 aromatic heterocycles. The van der Waals surface area contributed by atoms with Gasteiger partial charge in [-0.25, -0.2) is 9.59 Å². The number of rotatable bonds is 12. The fourth-order valence-electron chi connectivity index (χ4n) is 3.43. The van der Waals surface area contributed by atoms with E-state index < -0.39 is 35.8 Å². The number of carboxylic acids is 2. The molecule has 1 amide bonds. The number of hydrogen-bond acceptors (Lipinski definition) is 7. The summed E-state index contributed by atoms with van der Waals surface area (Å²) in [4.78, 5) is 53.7. The second-order valence-electron chi connectivity index (χ2n) is 7.88. The van der Waals surface area contributed by atoms with Crippen molar-refractivity contribution < 1.29 is 29.4 Å². The van der Waals surface area contributed by atoms with Gasteiger partial charge in [0, 0.05) is 29.4 Å². The lowest BCUT2D eigenvalue weighted by molar-refractivity contribution is -0.148. The lowest BCUT2D eigenvalue weighted by atomic mass is 9.99. The normalized spacial score (nSPS) is 13.1. The maximum Gasteiger partial charge on any atom is 0.329 e. The van der Waals surface area contributed by atoms with Gasteiger partial charge < -0.3 is 20.8 Å². The molecular formula is C26H25N3O6S. The van der Waals surface area contributed by atoms with Gasteiger partial charge in [0.15, 0.2) is 12.1 Å². The summed E-state index contributed by atoms with van der Waals surface area (Å²) in [5.41, 5.74) is 1.59. The van der Waals surface area contributed by atoms with Gasteiger partial charge in [-0.3, -0.25) is 14.6 Å². The van der Waals surface area contributed by atoms with Crippen LogP contribution in [0.5, 0.6) is 0 Å². The van der Waals surface area contributed by atoms with Crippen molar-refractivity contribution in [2.75, 3.05) is 11.1 Å². The van der Waals surface area contributed by atoms with E-state index in [0.29, 0.717) is 11.3 Å². The van der Waals surface area contributed by atoms with Crippen molar-refractivity contribution in [3.8, 4) is 0 Å². The van der Waals surface area contributed by atoms with E-state index in [-0.39, 0.29) is 17.3 Å². The van der Waals surface area contributed by atoms with E-state index in [1.807, 2.05) is 30.3 Å². The summed E-state index contributed by atoms with van der Waals surface area (Å²) in [7, 11) is 0. The molecular weight excluding hydrogens is 482 g/mol. The topological polar surface area (TPSA) is 146 Å². The van der Waals surface area contributed by atoms with E-state index in [1.165, 1.54) is 6.20 Å². The summed E-state index contributed by atoms with van der Waals surface area (Å²) in [6.07, 6.45) is 3.20. The highest BCUT2D eigenvalue weighted by Crippen LogP contribution is 2.20. The van der Waals surface area contributed by atoms with Crippen LogP contribution in [0.4, 0.5) is 5.69 Å². The van der Waals surface area contributed by atoms with E-state index in [2.05, 4.69) is 15.6 Å². The van der Waals surface area contributed by atoms with Gasteiger partial charge in [0.25, 0.3) is 0 Å². The molecule has 1 heterocycles. The lowest BCUT2D eigenvalue weighted by Gasteiger charge is -2.25. The number of benzene rings is 2. The van der Waals surface area contributed by atoms with Crippen molar-refractivity contribution in [2.45, 2.75) is 18.5 Å². The van der Waals surface area contributed by atoms with Crippen molar-refractivity contribution in [1.82, 2.24) is 10.3 Å². The smallest absolute Gasteiger partial charge is 0.329 e. The number of nitrogens with one attached hydrogen (secondary N) is 2. The number of thioether (sulfide) groups is 1. The Kier molecular flexibility index (Phi) is 9.58. The van der Waals surface area contributed by atoms with Crippen molar-refractivity contribution in [3.63, 3.8) is 0 Å². The molecule has 3 unspecified atom stereocenters. The highest BCUT2D eigenvalue weighted by Gasteiger charge is 2.37. The van der Waals surface area contributed by atoms with Crippen molar-refractivity contribution in [1.29, 1.82) is 0 Å². The third kappa shape index (κ3) is 7.67. The fraction of sp³-hybridized carbons (Fsp3) is 0.192. The molecule has 0 spiro atoms. The van der Waals surface area contributed by atoms with Gasteiger partial charge in [-0.15, -0.1) is 0 Å². The molecule has 3 atom stereocenters. The zero-order chi connectivity index (χ0) is 25.9. The Morgan fingerprint density at radius 2 is 1.47 bits per heavy atom. The van der Waals surface area contributed by atoms with E-state index in [0.717, 1.165) is 17.3 Å². The van der Waals surface area contributed by atoms with Crippen molar-refractivity contribution in [2.24, 2.45) is 5.92 Å². The average molecular weight is 508 g/mol. The van der Waals surface area contributed by atoms with Crippen LogP contribution < -0.4 is 10.6 Å². The molecule has 0 aliphatic carbocycles. The summed E-state index contributed by atoms with van der Waals surface area (Å²) in [6, 6.07) is 17.2. The van der Waals surface area contributed by atoms with Gasteiger partial charge in [0.2, 0.25) is 11.0 Å². The first-order valence-electron chi connectivity index (χ1n) is 11.0. The molecule has 4 N–H and O–H groups in total. The predicted octanol–water partition coefficient (Wildman–Crippen LogP) is 2.95. The van der Waals surface area contributed by atoms with Crippen LogP contribution in [-0.2, 0) is 20.8 Å². The molecule has 0 aliphatic rings. The molecule has 0 radical (unpaired) electrons. The summed E-state index contributed by atoms with van der Waals surface area (Å²) in [6.45, 7) is 0. The molecule has 9 nitrogen and oxygen atoms in total. The second kappa shape index (κ2) is 13.1. The Bertz CT molecular complexity index is 1180. The molecule has 0 aliphatic heterocycles. The molecule has 0 bridgehead atoms. The molecule has 0 saturated heterocycles. The zero-order valence-electron chi connectivity index (χ0n) is 19.1. The Morgan fingerprint density at radius 3 is 2.06 bits per heavy atom. The molecule has 186 valence electrons.